The molecule has 3 heterocycles. The Morgan fingerprint density at radius 1 is 0.286 bits per heavy atom. The van der Waals surface area contributed by atoms with Gasteiger partial charge in [-0.3, -0.25) is 9.97 Å². The maximum Gasteiger partial charge on any atom is 0.160 e. The van der Waals surface area contributed by atoms with Crippen LogP contribution < -0.4 is 0 Å². The zero-order valence-corrected chi connectivity index (χ0v) is 22.8. The van der Waals surface area contributed by atoms with Crippen LogP contribution in [-0.4, -0.2) is 19.9 Å². The number of hydrogen-bond acceptors (Lipinski definition) is 4. The predicted octanol–water partition coefficient (Wildman–Crippen LogP) is 9.27. The van der Waals surface area contributed by atoms with E-state index in [1.54, 1.807) is 24.8 Å². The van der Waals surface area contributed by atoms with Crippen LogP contribution in [0.2, 0.25) is 0 Å². The minimum Gasteiger partial charge on any atom is -0.265 e. The number of nitrogens with zero attached hydrogens (tertiary/aromatic N) is 4. The maximum absolute atomic E-state index is 4.95. The Morgan fingerprint density at radius 3 is 1.10 bits per heavy atom. The summed E-state index contributed by atoms with van der Waals surface area (Å²) in [5, 5.41) is 0. The quantitative estimate of drug-likeness (QED) is 0.212. The van der Waals surface area contributed by atoms with Crippen molar-refractivity contribution in [1.29, 1.82) is 0 Å². The van der Waals surface area contributed by atoms with Crippen LogP contribution in [0.4, 0.5) is 0 Å². The fourth-order valence-corrected chi connectivity index (χ4v) is 5.12. The fourth-order valence-electron chi connectivity index (χ4n) is 5.12. The molecule has 0 aliphatic carbocycles. The van der Waals surface area contributed by atoms with E-state index < -0.39 is 0 Å². The summed E-state index contributed by atoms with van der Waals surface area (Å²) in [5.74, 6) is 0.672. The lowest BCUT2D eigenvalue weighted by Gasteiger charge is -2.12. The summed E-state index contributed by atoms with van der Waals surface area (Å²) in [4.78, 5) is 18.2. The van der Waals surface area contributed by atoms with Gasteiger partial charge < -0.3 is 0 Å². The normalized spacial score (nSPS) is 10.9. The lowest BCUT2D eigenvalue weighted by Crippen LogP contribution is -1.96. The monoisotopic (exact) mass is 538 g/mol. The summed E-state index contributed by atoms with van der Waals surface area (Å²) in [6.45, 7) is 0. The van der Waals surface area contributed by atoms with Crippen LogP contribution in [0, 0.1) is 0 Å². The van der Waals surface area contributed by atoms with Crippen LogP contribution in [0.3, 0.4) is 0 Å². The highest BCUT2D eigenvalue weighted by Crippen LogP contribution is 2.34. The van der Waals surface area contributed by atoms with Crippen LogP contribution in [0.15, 0.2) is 158 Å². The molecule has 0 unspecified atom stereocenters. The summed E-state index contributed by atoms with van der Waals surface area (Å²) >= 11 is 0. The van der Waals surface area contributed by atoms with Crippen molar-refractivity contribution in [2.24, 2.45) is 0 Å². The Labute approximate surface area is 245 Å². The van der Waals surface area contributed by atoms with Gasteiger partial charge >= 0.3 is 0 Å². The summed E-state index contributed by atoms with van der Waals surface area (Å²) in [7, 11) is 0. The minimum absolute atomic E-state index is 0.672. The minimum atomic E-state index is 0.672. The second-order valence-electron chi connectivity index (χ2n) is 10.0. The van der Waals surface area contributed by atoms with Crippen molar-refractivity contribution in [3.63, 3.8) is 0 Å². The number of pyridine rings is 2. The average molecular weight is 539 g/mol. The van der Waals surface area contributed by atoms with Gasteiger partial charge in [-0.2, -0.15) is 0 Å². The molecule has 0 aliphatic heterocycles. The van der Waals surface area contributed by atoms with Crippen molar-refractivity contribution in [3.05, 3.63) is 158 Å². The Bertz CT molecular complexity index is 1680. The summed E-state index contributed by atoms with van der Waals surface area (Å²) in [6.07, 6.45) is 7.13. The second kappa shape index (κ2) is 11.4. The summed E-state index contributed by atoms with van der Waals surface area (Å²) in [5.41, 5.74) is 11.7. The average Bonchev–Trinajstić information content (AvgIpc) is 3.09. The van der Waals surface area contributed by atoms with Gasteiger partial charge in [0.15, 0.2) is 5.82 Å². The van der Waals surface area contributed by atoms with Crippen molar-refractivity contribution in [1.82, 2.24) is 19.9 Å². The molecule has 4 nitrogen and oxygen atoms in total. The van der Waals surface area contributed by atoms with E-state index in [-0.39, 0.29) is 0 Å². The van der Waals surface area contributed by atoms with Crippen LogP contribution >= 0.6 is 0 Å². The molecule has 0 atom stereocenters. The molecule has 198 valence electrons. The molecule has 0 radical (unpaired) electrons. The molecule has 0 fully saturated rings. The second-order valence-corrected chi connectivity index (χ2v) is 10.0. The summed E-state index contributed by atoms with van der Waals surface area (Å²) < 4.78 is 0. The topological polar surface area (TPSA) is 51.6 Å². The van der Waals surface area contributed by atoms with Gasteiger partial charge in [-0.25, -0.2) is 9.97 Å². The lowest BCUT2D eigenvalue weighted by molar-refractivity contribution is 1.18. The first-order valence-corrected chi connectivity index (χ1v) is 13.9. The van der Waals surface area contributed by atoms with Crippen molar-refractivity contribution >= 4 is 0 Å². The third-order valence-corrected chi connectivity index (χ3v) is 7.30. The van der Waals surface area contributed by atoms with E-state index in [2.05, 4.69) is 113 Å². The molecular formula is C38H26N4. The van der Waals surface area contributed by atoms with Gasteiger partial charge in [0.05, 0.1) is 11.4 Å². The van der Waals surface area contributed by atoms with Crippen molar-refractivity contribution < 1.29 is 0 Å². The van der Waals surface area contributed by atoms with Crippen molar-refractivity contribution in [2.75, 3.05) is 0 Å². The van der Waals surface area contributed by atoms with E-state index in [4.69, 9.17) is 9.97 Å². The fraction of sp³-hybridized carbons (Fsp3) is 0. The highest BCUT2D eigenvalue weighted by atomic mass is 14.9. The van der Waals surface area contributed by atoms with Crippen LogP contribution in [0.1, 0.15) is 0 Å². The van der Waals surface area contributed by atoms with E-state index in [0.29, 0.717) is 5.82 Å². The number of aromatic nitrogens is 4. The molecule has 0 spiro atoms. The van der Waals surface area contributed by atoms with Gasteiger partial charge in [0.25, 0.3) is 0 Å². The van der Waals surface area contributed by atoms with Gasteiger partial charge in [0.2, 0.25) is 0 Å². The van der Waals surface area contributed by atoms with Crippen LogP contribution in [0.25, 0.3) is 67.3 Å². The SMILES string of the molecule is c1ccc(-c2cc(-c3ccccc3)cc(-c3ccc(-c4nc(-c5ccncc5)cc(-c5ccncc5)n4)cc3)c2)cc1. The predicted molar refractivity (Wildman–Crippen MR) is 170 cm³/mol. The maximum atomic E-state index is 4.95. The molecule has 42 heavy (non-hydrogen) atoms. The first-order valence-electron chi connectivity index (χ1n) is 13.9. The smallest absolute Gasteiger partial charge is 0.160 e. The summed E-state index contributed by atoms with van der Waals surface area (Å²) in [6, 6.07) is 46.3. The Balaban J connectivity index is 1.31. The molecular weight excluding hydrogens is 512 g/mol. The standard InChI is InChI=1S/C38H26N4/c1-3-7-27(8-4-1)33-23-34(28-9-5-2-6-10-28)25-35(24-33)29-11-13-32(14-12-29)38-41-36(30-15-19-39-20-16-30)26-37(42-38)31-17-21-40-22-18-31/h1-26H. The molecule has 0 saturated heterocycles. The van der Waals surface area contributed by atoms with Gasteiger partial charge in [0.1, 0.15) is 0 Å². The molecule has 0 aliphatic rings. The highest BCUT2D eigenvalue weighted by Gasteiger charge is 2.12. The molecule has 4 heteroatoms. The van der Waals surface area contributed by atoms with Crippen molar-refractivity contribution in [3.8, 4) is 67.3 Å². The third kappa shape index (κ3) is 5.34. The van der Waals surface area contributed by atoms with E-state index >= 15 is 0 Å². The molecule has 0 N–H and O–H groups in total. The molecule has 3 aromatic heterocycles. The van der Waals surface area contributed by atoms with Gasteiger partial charge in [-0.15, -0.1) is 0 Å². The Morgan fingerprint density at radius 2 is 0.667 bits per heavy atom. The first-order chi connectivity index (χ1) is 20.8. The zero-order chi connectivity index (χ0) is 28.1. The molecule has 7 aromatic rings. The molecule has 4 aromatic carbocycles. The molecule has 0 bridgehead atoms. The van der Waals surface area contributed by atoms with E-state index in [1.807, 2.05) is 30.3 Å². The largest absolute Gasteiger partial charge is 0.265 e. The molecule has 7 rings (SSSR count). The Kier molecular flexibility index (Phi) is 6.85. The van der Waals surface area contributed by atoms with Crippen LogP contribution in [0.5, 0.6) is 0 Å². The number of rotatable bonds is 6. The highest BCUT2D eigenvalue weighted by molar-refractivity contribution is 5.82. The zero-order valence-electron chi connectivity index (χ0n) is 22.8. The van der Waals surface area contributed by atoms with Gasteiger partial charge in [0, 0.05) is 41.5 Å². The van der Waals surface area contributed by atoms with E-state index in [0.717, 1.165) is 39.2 Å². The number of benzene rings is 4. The Hall–Kier alpha value is -5.74. The van der Waals surface area contributed by atoms with Gasteiger partial charge in [-0.1, -0.05) is 84.9 Å². The third-order valence-electron chi connectivity index (χ3n) is 7.30. The number of hydrogen-bond donors (Lipinski definition) is 0. The molecule has 0 saturated carbocycles. The van der Waals surface area contributed by atoms with Crippen molar-refractivity contribution in [2.45, 2.75) is 0 Å². The van der Waals surface area contributed by atoms with Gasteiger partial charge in [-0.05, 0) is 81.9 Å². The van der Waals surface area contributed by atoms with E-state index in [1.165, 1.54) is 22.3 Å². The van der Waals surface area contributed by atoms with Crippen LogP contribution in [-0.2, 0) is 0 Å². The van der Waals surface area contributed by atoms with E-state index in [9.17, 15) is 0 Å². The lowest BCUT2D eigenvalue weighted by atomic mass is 9.93. The molecule has 0 amide bonds. The first kappa shape index (κ1) is 25.2.